The Hall–Kier alpha value is -1.98. The summed E-state index contributed by atoms with van der Waals surface area (Å²) >= 11 is 0. The number of aliphatic hydroxyl groups is 1. The molecule has 0 aliphatic carbocycles. The lowest BCUT2D eigenvalue weighted by atomic mass is 10.1. The van der Waals surface area contributed by atoms with Gasteiger partial charge in [0, 0.05) is 0 Å². The van der Waals surface area contributed by atoms with Crippen LogP contribution in [0.2, 0.25) is 0 Å². The number of carboxylic acids is 1. The van der Waals surface area contributed by atoms with Crippen LogP contribution < -0.4 is 0 Å². The van der Waals surface area contributed by atoms with Crippen LogP contribution in [0.25, 0.3) is 6.08 Å². The Balaban J connectivity index is 2.97. The number of alkyl halides is 3. The molecule has 0 atom stereocenters. The fraction of sp³-hybridized carbons (Fsp3) is 0.100. The monoisotopic (exact) mass is 232 g/mol. The first-order valence-electron chi connectivity index (χ1n) is 4.12. The zero-order valence-corrected chi connectivity index (χ0v) is 7.82. The number of aliphatic carboxylic acids is 1. The number of aliphatic hydroxyl groups excluding tert-OH is 1. The predicted octanol–water partition coefficient (Wildman–Crippen LogP) is 2.69. The predicted molar refractivity (Wildman–Crippen MR) is 49.7 cm³/mol. The molecule has 0 aliphatic rings. The summed E-state index contributed by atoms with van der Waals surface area (Å²) in [6.45, 7) is 0. The van der Waals surface area contributed by atoms with Crippen LogP contribution in [0.3, 0.4) is 0 Å². The molecule has 0 aromatic heterocycles. The zero-order valence-electron chi connectivity index (χ0n) is 7.82. The smallest absolute Gasteiger partial charge is 0.416 e. The molecule has 16 heavy (non-hydrogen) atoms. The average molecular weight is 232 g/mol. The summed E-state index contributed by atoms with van der Waals surface area (Å²) in [6, 6.07) is 3.76. The number of halogens is 3. The van der Waals surface area contributed by atoms with Crippen molar-refractivity contribution < 1.29 is 28.2 Å². The van der Waals surface area contributed by atoms with Gasteiger partial charge in [-0.2, -0.15) is 13.2 Å². The minimum Gasteiger partial charge on any atom is -0.502 e. The molecule has 0 radical (unpaired) electrons. The molecule has 0 fully saturated rings. The molecule has 1 aromatic rings. The van der Waals surface area contributed by atoms with Gasteiger partial charge in [-0.1, -0.05) is 12.1 Å². The quantitative estimate of drug-likeness (QED) is 0.608. The van der Waals surface area contributed by atoms with E-state index in [4.69, 9.17) is 10.2 Å². The van der Waals surface area contributed by atoms with Crippen molar-refractivity contribution in [1.29, 1.82) is 0 Å². The Kier molecular flexibility index (Phi) is 3.22. The van der Waals surface area contributed by atoms with Crippen LogP contribution in [-0.2, 0) is 11.0 Å². The SMILES string of the molecule is O=C(O)/C(O)=C/c1ccc(C(F)(F)F)cc1. The van der Waals surface area contributed by atoms with Crippen molar-refractivity contribution in [3.63, 3.8) is 0 Å². The van der Waals surface area contributed by atoms with Gasteiger partial charge >= 0.3 is 12.1 Å². The van der Waals surface area contributed by atoms with Crippen LogP contribution in [0.1, 0.15) is 11.1 Å². The Bertz CT molecular complexity index is 418. The molecule has 2 N–H and O–H groups in total. The molecule has 0 heterocycles. The largest absolute Gasteiger partial charge is 0.502 e. The number of benzene rings is 1. The summed E-state index contributed by atoms with van der Waals surface area (Å²) in [7, 11) is 0. The number of hydrogen-bond acceptors (Lipinski definition) is 2. The second kappa shape index (κ2) is 4.26. The van der Waals surface area contributed by atoms with E-state index in [2.05, 4.69) is 0 Å². The molecule has 3 nitrogen and oxygen atoms in total. The van der Waals surface area contributed by atoms with E-state index in [-0.39, 0.29) is 5.56 Å². The fourth-order valence-electron chi connectivity index (χ4n) is 0.988. The second-order valence-corrected chi connectivity index (χ2v) is 2.95. The van der Waals surface area contributed by atoms with E-state index in [1.807, 2.05) is 0 Å². The van der Waals surface area contributed by atoms with Crippen molar-refractivity contribution in [2.75, 3.05) is 0 Å². The van der Waals surface area contributed by atoms with E-state index in [1.165, 1.54) is 0 Å². The van der Waals surface area contributed by atoms with Gasteiger partial charge in [-0.25, -0.2) is 4.79 Å². The highest BCUT2D eigenvalue weighted by atomic mass is 19.4. The first-order valence-corrected chi connectivity index (χ1v) is 4.12. The number of carboxylic acid groups (broad SMARTS) is 1. The van der Waals surface area contributed by atoms with Crippen LogP contribution in [-0.4, -0.2) is 16.2 Å². The van der Waals surface area contributed by atoms with E-state index >= 15 is 0 Å². The van der Waals surface area contributed by atoms with Crippen LogP contribution in [0.5, 0.6) is 0 Å². The molecule has 0 saturated heterocycles. The van der Waals surface area contributed by atoms with Crippen LogP contribution in [0, 0.1) is 0 Å². The van der Waals surface area contributed by atoms with E-state index in [0.717, 1.165) is 30.3 Å². The van der Waals surface area contributed by atoms with Gasteiger partial charge in [-0.15, -0.1) is 0 Å². The molecule has 0 aliphatic heterocycles. The maximum absolute atomic E-state index is 12.2. The molecule has 86 valence electrons. The lowest BCUT2D eigenvalue weighted by Gasteiger charge is -2.05. The summed E-state index contributed by atoms with van der Waals surface area (Å²) in [4.78, 5) is 10.2. The van der Waals surface area contributed by atoms with Crippen molar-refractivity contribution in [3.05, 3.63) is 41.2 Å². The summed E-state index contributed by atoms with van der Waals surface area (Å²) in [5.41, 5.74) is -0.660. The molecule has 0 unspecified atom stereocenters. The van der Waals surface area contributed by atoms with E-state index in [9.17, 15) is 18.0 Å². The highest BCUT2D eigenvalue weighted by Gasteiger charge is 2.29. The van der Waals surface area contributed by atoms with Gasteiger partial charge < -0.3 is 10.2 Å². The summed E-state index contributed by atoms with van der Waals surface area (Å²) in [6.07, 6.45) is -3.57. The van der Waals surface area contributed by atoms with Crippen LogP contribution >= 0.6 is 0 Å². The molecule has 1 rings (SSSR count). The van der Waals surface area contributed by atoms with Crippen LogP contribution in [0.15, 0.2) is 30.0 Å². The molecule has 0 spiro atoms. The van der Waals surface area contributed by atoms with Gasteiger partial charge in [0.2, 0.25) is 5.76 Å². The fourth-order valence-corrected chi connectivity index (χ4v) is 0.988. The third kappa shape index (κ3) is 3.01. The van der Waals surface area contributed by atoms with Crippen molar-refractivity contribution in [1.82, 2.24) is 0 Å². The third-order valence-corrected chi connectivity index (χ3v) is 1.76. The van der Waals surface area contributed by atoms with Gasteiger partial charge in [0.25, 0.3) is 0 Å². The number of carbonyl (C=O) groups is 1. The highest BCUT2D eigenvalue weighted by molar-refractivity contribution is 5.89. The van der Waals surface area contributed by atoms with Gasteiger partial charge in [0.1, 0.15) is 0 Å². The summed E-state index contributed by atoms with van der Waals surface area (Å²) < 4.78 is 36.5. The number of rotatable bonds is 2. The highest BCUT2D eigenvalue weighted by Crippen LogP contribution is 2.29. The first kappa shape index (κ1) is 12.1. The molecule has 1 aromatic carbocycles. The zero-order chi connectivity index (χ0) is 12.3. The van der Waals surface area contributed by atoms with Crippen molar-refractivity contribution in [3.8, 4) is 0 Å². The molecule has 0 saturated carbocycles. The lowest BCUT2D eigenvalue weighted by molar-refractivity contribution is -0.137. The first-order chi connectivity index (χ1) is 7.30. The molecular formula is C10H7F3O3. The topological polar surface area (TPSA) is 57.5 Å². The maximum atomic E-state index is 12.2. The normalized spacial score (nSPS) is 12.6. The van der Waals surface area contributed by atoms with E-state index in [1.54, 1.807) is 0 Å². The van der Waals surface area contributed by atoms with Gasteiger partial charge in [0.05, 0.1) is 5.56 Å². The molecule has 0 amide bonds. The van der Waals surface area contributed by atoms with Crippen molar-refractivity contribution in [2.24, 2.45) is 0 Å². The van der Waals surface area contributed by atoms with Gasteiger partial charge in [-0.3, -0.25) is 0 Å². The van der Waals surface area contributed by atoms with E-state index < -0.39 is 23.5 Å². The summed E-state index contributed by atoms with van der Waals surface area (Å²) in [5.74, 6) is -2.47. The Morgan fingerprint density at radius 3 is 2.00 bits per heavy atom. The Morgan fingerprint density at radius 2 is 1.62 bits per heavy atom. The standard InChI is InChI=1S/C10H7F3O3/c11-10(12,13)7-3-1-6(2-4-7)5-8(14)9(15)16/h1-5,14H,(H,15,16)/b8-5-. The lowest BCUT2D eigenvalue weighted by Crippen LogP contribution is -2.04. The molecular weight excluding hydrogens is 225 g/mol. The van der Waals surface area contributed by atoms with Crippen molar-refractivity contribution >= 4 is 12.0 Å². The average Bonchev–Trinajstić information content (AvgIpc) is 2.17. The Morgan fingerprint density at radius 1 is 1.12 bits per heavy atom. The minimum atomic E-state index is -4.43. The van der Waals surface area contributed by atoms with Gasteiger partial charge in [0.15, 0.2) is 0 Å². The van der Waals surface area contributed by atoms with Crippen molar-refractivity contribution in [2.45, 2.75) is 6.18 Å². The summed E-state index contributed by atoms with van der Waals surface area (Å²) in [5, 5.41) is 17.2. The van der Waals surface area contributed by atoms with Gasteiger partial charge in [-0.05, 0) is 23.8 Å². The third-order valence-electron chi connectivity index (χ3n) is 1.76. The van der Waals surface area contributed by atoms with E-state index in [0.29, 0.717) is 0 Å². The molecule has 6 heteroatoms. The maximum Gasteiger partial charge on any atom is 0.416 e. The molecule has 0 bridgehead atoms. The second-order valence-electron chi connectivity index (χ2n) is 2.95. The minimum absolute atomic E-state index is 0.174. The number of hydrogen-bond donors (Lipinski definition) is 2. The van der Waals surface area contributed by atoms with Crippen LogP contribution in [0.4, 0.5) is 13.2 Å². The Labute approximate surface area is 88.4 Å².